The van der Waals surface area contributed by atoms with Gasteiger partial charge in [-0.2, -0.15) is 0 Å². The molecule has 0 aliphatic carbocycles. The van der Waals surface area contributed by atoms with E-state index in [0.717, 1.165) is 6.26 Å². The highest BCUT2D eigenvalue weighted by atomic mass is 35.5. The van der Waals surface area contributed by atoms with E-state index in [-0.39, 0.29) is 12.1 Å². The van der Waals surface area contributed by atoms with E-state index in [1.165, 1.54) is 4.57 Å². The van der Waals surface area contributed by atoms with E-state index in [1.807, 2.05) is 0 Å². The van der Waals surface area contributed by atoms with Crippen molar-refractivity contribution in [3.05, 3.63) is 69.2 Å². The molecule has 0 saturated carbocycles. The summed E-state index contributed by atoms with van der Waals surface area (Å²) in [6.45, 7) is 1.85. The van der Waals surface area contributed by atoms with Crippen molar-refractivity contribution in [3.63, 3.8) is 0 Å². The monoisotopic (exact) mass is 406 g/mol. The summed E-state index contributed by atoms with van der Waals surface area (Å²) in [4.78, 5) is 17.7. The number of nitrogens with two attached hydrogens (primary N) is 1. The van der Waals surface area contributed by atoms with E-state index >= 15 is 0 Å². The van der Waals surface area contributed by atoms with Crippen molar-refractivity contribution in [2.75, 3.05) is 6.26 Å². The highest BCUT2D eigenvalue weighted by molar-refractivity contribution is 7.88. The highest BCUT2D eigenvalue weighted by Crippen LogP contribution is 2.22. The van der Waals surface area contributed by atoms with Gasteiger partial charge in [-0.25, -0.2) is 18.1 Å². The fourth-order valence-electron chi connectivity index (χ4n) is 2.78. The van der Waals surface area contributed by atoms with Crippen LogP contribution in [0.5, 0.6) is 0 Å². The fraction of sp³-hybridized carbons (Fsp3) is 0.222. The van der Waals surface area contributed by atoms with Crippen LogP contribution in [0.15, 0.2) is 47.3 Å². The van der Waals surface area contributed by atoms with Crippen molar-refractivity contribution in [2.24, 2.45) is 5.73 Å². The maximum atomic E-state index is 13.2. The molecule has 0 aliphatic rings. The molecular formula is C18H19ClN4O3S. The molecule has 7 nitrogen and oxygen atoms in total. The first-order valence-corrected chi connectivity index (χ1v) is 10.4. The van der Waals surface area contributed by atoms with E-state index in [2.05, 4.69) is 9.71 Å². The first-order chi connectivity index (χ1) is 12.7. The molecule has 0 saturated heterocycles. The van der Waals surface area contributed by atoms with Crippen LogP contribution in [0.1, 0.15) is 24.4 Å². The maximum absolute atomic E-state index is 13.2. The van der Waals surface area contributed by atoms with Crippen LogP contribution < -0.4 is 16.0 Å². The van der Waals surface area contributed by atoms with Gasteiger partial charge < -0.3 is 5.73 Å². The molecule has 2 aromatic carbocycles. The molecule has 0 aliphatic heterocycles. The first-order valence-electron chi connectivity index (χ1n) is 8.18. The molecule has 1 heterocycles. The van der Waals surface area contributed by atoms with Gasteiger partial charge in [-0.15, -0.1) is 0 Å². The van der Waals surface area contributed by atoms with Gasteiger partial charge in [-0.05, 0) is 36.8 Å². The first kappa shape index (κ1) is 19.5. The quantitative estimate of drug-likeness (QED) is 0.674. The SMILES string of the molecule is C[C@H](N)c1nc2cccc(Cl)c2c(=O)n1-c1cccc(CNS(C)(=O)=O)c1. The number of fused-ring (bicyclic) bond motifs is 1. The van der Waals surface area contributed by atoms with Gasteiger partial charge in [0.15, 0.2) is 0 Å². The van der Waals surface area contributed by atoms with Gasteiger partial charge in [-0.1, -0.05) is 29.8 Å². The topological polar surface area (TPSA) is 107 Å². The van der Waals surface area contributed by atoms with Crippen LogP contribution in [-0.2, 0) is 16.6 Å². The normalized spacial score (nSPS) is 13.0. The number of nitrogens with zero attached hydrogens (tertiary/aromatic N) is 2. The molecule has 142 valence electrons. The van der Waals surface area contributed by atoms with Crippen molar-refractivity contribution in [1.29, 1.82) is 0 Å². The largest absolute Gasteiger partial charge is 0.322 e. The molecule has 0 fully saturated rings. The number of rotatable bonds is 5. The molecule has 1 aromatic heterocycles. The standard InChI is InChI=1S/C18H19ClN4O3S/c1-11(20)17-22-15-8-4-7-14(19)16(15)18(24)23(17)13-6-3-5-12(9-13)10-21-27(2,25)26/h3-9,11,21H,10,20H2,1-2H3/t11-/m0/s1. The van der Waals surface area contributed by atoms with Gasteiger partial charge in [0.25, 0.3) is 5.56 Å². The predicted molar refractivity (Wildman–Crippen MR) is 107 cm³/mol. The third kappa shape index (κ3) is 4.19. The second-order valence-electron chi connectivity index (χ2n) is 6.30. The summed E-state index contributed by atoms with van der Waals surface area (Å²) < 4.78 is 26.5. The Hall–Kier alpha value is -2.26. The summed E-state index contributed by atoms with van der Waals surface area (Å²) in [7, 11) is -3.33. The lowest BCUT2D eigenvalue weighted by Gasteiger charge is -2.17. The number of benzene rings is 2. The minimum Gasteiger partial charge on any atom is -0.322 e. The third-order valence-electron chi connectivity index (χ3n) is 3.99. The Morgan fingerprint density at radius 2 is 1.96 bits per heavy atom. The average Bonchev–Trinajstić information content (AvgIpc) is 2.59. The Balaban J connectivity index is 2.22. The number of nitrogens with one attached hydrogen (secondary N) is 1. The van der Waals surface area contributed by atoms with Crippen molar-refractivity contribution < 1.29 is 8.42 Å². The Morgan fingerprint density at radius 3 is 2.63 bits per heavy atom. The van der Waals surface area contributed by atoms with Gasteiger partial charge in [0.1, 0.15) is 5.82 Å². The molecule has 1 atom stereocenters. The van der Waals surface area contributed by atoms with Gasteiger partial charge >= 0.3 is 0 Å². The second-order valence-corrected chi connectivity index (χ2v) is 8.54. The van der Waals surface area contributed by atoms with E-state index in [0.29, 0.717) is 33.0 Å². The Kier molecular flexibility index (Phi) is 5.34. The van der Waals surface area contributed by atoms with E-state index in [9.17, 15) is 13.2 Å². The smallest absolute Gasteiger partial charge is 0.267 e. The van der Waals surface area contributed by atoms with E-state index in [4.69, 9.17) is 17.3 Å². The second kappa shape index (κ2) is 7.40. The minimum atomic E-state index is -3.33. The molecule has 0 bridgehead atoms. The fourth-order valence-corrected chi connectivity index (χ4v) is 3.46. The lowest BCUT2D eigenvalue weighted by Crippen LogP contribution is -2.28. The van der Waals surface area contributed by atoms with Crippen molar-refractivity contribution >= 4 is 32.5 Å². The van der Waals surface area contributed by atoms with Crippen LogP contribution >= 0.6 is 11.6 Å². The van der Waals surface area contributed by atoms with Gasteiger partial charge in [0.2, 0.25) is 10.0 Å². The molecule has 3 aromatic rings. The van der Waals surface area contributed by atoms with E-state index < -0.39 is 16.1 Å². The Morgan fingerprint density at radius 1 is 1.26 bits per heavy atom. The van der Waals surface area contributed by atoms with Crippen LogP contribution in [0.3, 0.4) is 0 Å². The van der Waals surface area contributed by atoms with Gasteiger partial charge in [0.05, 0.1) is 33.9 Å². The highest BCUT2D eigenvalue weighted by Gasteiger charge is 2.17. The predicted octanol–water partition coefficient (Wildman–Crippen LogP) is 2.11. The number of aromatic nitrogens is 2. The molecule has 9 heteroatoms. The van der Waals surface area contributed by atoms with Crippen LogP contribution in [0.4, 0.5) is 0 Å². The zero-order valence-corrected chi connectivity index (χ0v) is 16.4. The lowest BCUT2D eigenvalue weighted by atomic mass is 10.1. The zero-order chi connectivity index (χ0) is 19.8. The van der Waals surface area contributed by atoms with Gasteiger partial charge in [0, 0.05) is 6.54 Å². The third-order valence-corrected chi connectivity index (χ3v) is 4.97. The summed E-state index contributed by atoms with van der Waals surface area (Å²) in [5, 5.41) is 0.619. The summed E-state index contributed by atoms with van der Waals surface area (Å²) in [5.41, 5.74) is 7.44. The summed E-state index contributed by atoms with van der Waals surface area (Å²) >= 11 is 6.22. The lowest BCUT2D eigenvalue weighted by molar-refractivity contribution is 0.587. The molecule has 0 amide bonds. The summed E-state index contributed by atoms with van der Waals surface area (Å²) in [6, 6.07) is 11.5. The molecule has 0 unspecified atom stereocenters. The molecule has 3 rings (SSSR count). The van der Waals surface area contributed by atoms with Crippen LogP contribution in [-0.4, -0.2) is 24.2 Å². The van der Waals surface area contributed by atoms with Crippen molar-refractivity contribution in [3.8, 4) is 5.69 Å². The van der Waals surface area contributed by atoms with Crippen LogP contribution in [0, 0.1) is 0 Å². The molecule has 27 heavy (non-hydrogen) atoms. The average molecular weight is 407 g/mol. The molecule has 3 N–H and O–H groups in total. The van der Waals surface area contributed by atoms with Crippen molar-refractivity contribution in [1.82, 2.24) is 14.3 Å². The number of hydrogen-bond donors (Lipinski definition) is 2. The number of hydrogen-bond acceptors (Lipinski definition) is 5. The molecular weight excluding hydrogens is 388 g/mol. The van der Waals surface area contributed by atoms with Crippen molar-refractivity contribution in [2.45, 2.75) is 19.5 Å². The number of sulfonamides is 1. The molecule has 0 spiro atoms. The van der Waals surface area contributed by atoms with E-state index in [1.54, 1.807) is 49.4 Å². The zero-order valence-electron chi connectivity index (χ0n) is 14.8. The Labute approximate surface area is 161 Å². The van der Waals surface area contributed by atoms with Crippen LogP contribution in [0.25, 0.3) is 16.6 Å². The van der Waals surface area contributed by atoms with Crippen LogP contribution in [0.2, 0.25) is 5.02 Å². The maximum Gasteiger partial charge on any atom is 0.267 e. The summed E-state index contributed by atoms with van der Waals surface area (Å²) in [6.07, 6.45) is 1.09. The summed E-state index contributed by atoms with van der Waals surface area (Å²) in [5.74, 6) is 0.392. The Bertz CT molecular complexity index is 1170. The molecule has 0 radical (unpaired) electrons. The van der Waals surface area contributed by atoms with Gasteiger partial charge in [-0.3, -0.25) is 9.36 Å². The minimum absolute atomic E-state index is 0.108. The number of halogens is 1.